The van der Waals surface area contributed by atoms with E-state index in [1.54, 1.807) is 7.05 Å². The van der Waals surface area contributed by atoms with Gasteiger partial charge >= 0.3 is 13.1 Å². The first-order valence-corrected chi connectivity index (χ1v) is 9.53. The number of nitrogens with zero attached hydrogens (tertiary/aromatic N) is 1. The van der Waals surface area contributed by atoms with Crippen LogP contribution in [0.4, 0.5) is 0 Å². The Morgan fingerprint density at radius 1 is 1.35 bits per heavy atom. The van der Waals surface area contributed by atoms with E-state index in [4.69, 9.17) is 21.6 Å². The van der Waals surface area contributed by atoms with Crippen LogP contribution in [0.15, 0.2) is 18.2 Å². The molecule has 1 aliphatic heterocycles. The van der Waals surface area contributed by atoms with Crippen molar-refractivity contribution in [3.63, 3.8) is 0 Å². The standard InChI is InChI=1S/C18H28BClN2O4/c1-21-18(17(23)24,8-2-3-10-19(25)26)9-12-22-11-7-15-14(13-22)5-4-6-16(15)20/h4-6,21,25-26H,2-3,7-13H2,1H3,(H,23,24). The van der Waals surface area contributed by atoms with Crippen LogP contribution >= 0.6 is 11.6 Å². The number of carbonyl (C=O) groups is 1. The Bertz CT molecular complexity index is 617. The number of halogens is 1. The van der Waals surface area contributed by atoms with E-state index in [0.29, 0.717) is 32.2 Å². The molecule has 0 fully saturated rings. The maximum atomic E-state index is 11.9. The molecule has 0 saturated heterocycles. The maximum Gasteiger partial charge on any atom is 0.451 e. The van der Waals surface area contributed by atoms with Crippen molar-refractivity contribution < 1.29 is 19.9 Å². The van der Waals surface area contributed by atoms with Gasteiger partial charge in [0.25, 0.3) is 0 Å². The zero-order valence-electron chi connectivity index (χ0n) is 15.2. The molecule has 1 atom stereocenters. The van der Waals surface area contributed by atoms with E-state index in [9.17, 15) is 9.90 Å². The Labute approximate surface area is 160 Å². The number of carboxylic acids is 1. The lowest BCUT2D eigenvalue weighted by Crippen LogP contribution is -2.52. The largest absolute Gasteiger partial charge is 0.480 e. The monoisotopic (exact) mass is 382 g/mol. The minimum absolute atomic E-state index is 0.267. The highest BCUT2D eigenvalue weighted by molar-refractivity contribution is 6.40. The smallest absolute Gasteiger partial charge is 0.451 e. The molecule has 8 heteroatoms. The molecule has 4 N–H and O–H groups in total. The summed E-state index contributed by atoms with van der Waals surface area (Å²) in [6.45, 7) is 2.33. The van der Waals surface area contributed by atoms with E-state index in [1.165, 1.54) is 11.1 Å². The van der Waals surface area contributed by atoms with Gasteiger partial charge in [0.2, 0.25) is 0 Å². The Kier molecular flexibility index (Phi) is 7.92. The summed E-state index contributed by atoms with van der Waals surface area (Å²) in [6, 6.07) is 5.95. The van der Waals surface area contributed by atoms with Crippen LogP contribution in [0.3, 0.4) is 0 Å². The number of nitrogens with one attached hydrogen (secondary N) is 1. The number of hydrogen-bond acceptors (Lipinski definition) is 5. The minimum Gasteiger partial charge on any atom is -0.480 e. The van der Waals surface area contributed by atoms with E-state index >= 15 is 0 Å². The van der Waals surface area contributed by atoms with Gasteiger partial charge in [-0.05, 0) is 49.8 Å². The number of fused-ring (bicyclic) bond motifs is 1. The lowest BCUT2D eigenvalue weighted by atomic mass is 9.81. The van der Waals surface area contributed by atoms with Gasteiger partial charge in [0.15, 0.2) is 0 Å². The summed E-state index contributed by atoms with van der Waals surface area (Å²) in [5, 5.41) is 31.4. The van der Waals surface area contributed by atoms with Crippen LogP contribution in [0.5, 0.6) is 0 Å². The molecule has 1 aromatic rings. The Morgan fingerprint density at radius 3 is 2.77 bits per heavy atom. The van der Waals surface area contributed by atoms with E-state index in [-0.39, 0.29) is 6.32 Å². The lowest BCUT2D eigenvalue weighted by molar-refractivity contribution is -0.145. The molecule has 1 heterocycles. The van der Waals surface area contributed by atoms with Gasteiger partial charge in [-0.1, -0.05) is 36.6 Å². The number of rotatable bonds is 10. The fourth-order valence-electron chi connectivity index (χ4n) is 3.61. The zero-order valence-corrected chi connectivity index (χ0v) is 16.0. The van der Waals surface area contributed by atoms with Crippen LogP contribution in [-0.4, -0.2) is 58.8 Å². The molecule has 1 aliphatic rings. The van der Waals surface area contributed by atoms with Gasteiger partial charge in [0.1, 0.15) is 5.54 Å². The van der Waals surface area contributed by atoms with Crippen molar-refractivity contribution in [2.24, 2.45) is 0 Å². The second-order valence-electron chi connectivity index (χ2n) is 7.02. The quantitative estimate of drug-likeness (QED) is 0.364. The van der Waals surface area contributed by atoms with E-state index in [1.807, 2.05) is 12.1 Å². The van der Waals surface area contributed by atoms with Crippen LogP contribution in [0.1, 0.15) is 36.8 Å². The van der Waals surface area contributed by atoms with Gasteiger partial charge in [-0.15, -0.1) is 0 Å². The van der Waals surface area contributed by atoms with Gasteiger partial charge < -0.3 is 20.5 Å². The summed E-state index contributed by atoms with van der Waals surface area (Å²) in [5.41, 5.74) is 1.42. The van der Waals surface area contributed by atoms with Gasteiger partial charge in [-0.3, -0.25) is 9.69 Å². The highest BCUT2D eigenvalue weighted by Crippen LogP contribution is 2.27. The first-order chi connectivity index (χ1) is 12.4. The van der Waals surface area contributed by atoms with Gasteiger partial charge in [0, 0.05) is 24.7 Å². The van der Waals surface area contributed by atoms with Crippen molar-refractivity contribution in [1.82, 2.24) is 10.2 Å². The summed E-state index contributed by atoms with van der Waals surface area (Å²) in [5.74, 6) is -0.856. The maximum absolute atomic E-state index is 11.9. The molecular weight excluding hydrogens is 354 g/mol. The Hall–Kier alpha value is -1.12. The molecule has 26 heavy (non-hydrogen) atoms. The predicted molar refractivity (Wildman–Crippen MR) is 103 cm³/mol. The van der Waals surface area contributed by atoms with Crippen molar-refractivity contribution in [1.29, 1.82) is 0 Å². The molecule has 0 aliphatic carbocycles. The summed E-state index contributed by atoms with van der Waals surface area (Å²) in [6.07, 6.45) is 3.32. The Balaban J connectivity index is 1.93. The fraction of sp³-hybridized carbons (Fsp3) is 0.611. The molecule has 0 saturated carbocycles. The molecule has 0 amide bonds. The summed E-state index contributed by atoms with van der Waals surface area (Å²) in [4.78, 5) is 14.2. The van der Waals surface area contributed by atoms with Crippen molar-refractivity contribution in [2.45, 2.75) is 50.5 Å². The molecular formula is C18H28BClN2O4. The lowest BCUT2D eigenvalue weighted by Gasteiger charge is -2.34. The van der Waals surface area contributed by atoms with Gasteiger partial charge in [-0.25, -0.2) is 0 Å². The van der Waals surface area contributed by atoms with Crippen LogP contribution in [-0.2, 0) is 17.8 Å². The van der Waals surface area contributed by atoms with Gasteiger partial charge in [-0.2, -0.15) is 0 Å². The average Bonchev–Trinajstić information content (AvgIpc) is 2.61. The summed E-state index contributed by atoms with van der Waals surface area (Å²) < 4.78 is 0. The van der Waals surface area contributed by atoms with Crippen molar-refractivity contribution in [3.05, 3.63) is 34.3 Å². The molecule has 0 radical (unpaired) electrons. The van der Waals surface area contributed by atoms with E-state index in [2.05, 4.69) is 16.3 Å². The molecule has 1 unspecified atom stereocenters. The molecule has 6 nitrogen and oxygen atoms in total. The number of hydrogen-bond donors (Lipinski definition) is 4. The zero-order chi connectivity index (χ0) is 19.2. The number of unbranched alkanes of at least 4 members (excludes halogenated alkanes) is 1. The normalized spacial score (nSPS) is 16.8. The highest BCUT2D eigenvalue weighted by Gasteiger charge is 2.36. The van der Waals surface area contributed by atoms with Crippen LogP contribution in [0.2, 0.25) is 11.3 Å². The van der Waals surface area contributed by atoms with Crippen LogP contribution in [0, 0.1) is 0 Å². The predicted octanol–water partition coefficient (Wildman–Crippen LogP) is 1.77. The SMILES string of the molecule is CNC(CCCCB(O)O)(CCN1CCc2c(Cl)cccc2C1)C(=O)O. The average molecular weight is 383 g/mol. The number of likely N-dealkylation sites (N-methyl/N-ethyl adjacent to an activating group) is 1. The van der Waals surface area contributed by atoms with Crippen LogP contribution < -0.4 is 5.32 Å². The second kappa shape index (κ2) is 9.71. The second-order valence-corrected chi connectivity index (χ2v) is 7.42. The molecule has 1 aromatic carbocycles. The van der Waals surface area contributed by atoms with E-state index < -0.39 is 18.6 Å². The van der Waals surface area contributed by atoms with Crippen molar-refractivity contribution in [3.8, 4) is 0 Å². The van der Waals surface area contributed by atoms with Crippen molar-refractivity contribution in [2.75, 3.05) is 20.1 Å². The Morgan fingerprint density at radius 2 is 2.12 bits per heavy atom. The van der Waals surface area contributed by atoms with Gasteiger partial charge in [0.05, 0.1) is 0 Å². The van der Waals surface area contributed by atoms with Crippen LogP contribution in [0.25, 0.3) is 0 Å². The highest BCUT2D eigenvalue weighted by atomic mass is 35.5. The first-order valence-electron chi connectivity index (χ1n) is 9.15. The topological polar surface area (TPSA) is 93.0 Å². The molecule has 0 spiro atoms. The third kappa shape index (κ3) is 5.44. The number of aliphatic carboxylic acids is 1. The fourth-order valence-corrected chi connectivity index (χ4v) is 3.90. The van der Waals surface area contributed by atoms with E-state index in [0.717, 1.165) is 24.5 Å². The number of benzene rings is 1. The molecule has 144 valence electrons. The van der Waals surface area contributed by atoms with Crippen molar-refractivity contribution >= 4 is 24.7 Å². The number of carboxylic acid groups (broad SMARTS) is 1. The first kappa shape index (κ1) is 21.2. The third-order valence-corrected chi connectivity index (χ3v) is 5.70. The summed E-state index contributed by atoms with van der Waals surface area (Å²) in [7, 11) is 0.351. The summed E-state index contributed by atoms with van der Waals surface area (Å²) >= 11 is 6.25. The molecule has 0 aromatic heterocycles. The minimum atomic E-state index is -1.33. The third-order valence-electron chi connectivity index (χ3n) is 5.35. The molecule has 0 bridgehead atoms. The molecule has 2 rings (SSSR count).